The molecule has 0 aliphatic carbocycles. The van der Waals surface area contributed by atoms with Crippen molar-refractivity contribution < 1.29 is 9.59 Å². The van der Waals surface area contributed by atoms with Crippen molar-refractivity contribution >= 4 is 35.0 Å². The first-order valence-electron chi connectivity index (χ1n) is 9.16. The van der Waals surface area contributed by atoms with Crippen molar-refractivity contribution in [2.24, 2.45) is 7.05 Å². The summed E-state index contributed by atoms with van der Waals surface area (Å²) in [6, 6.07) is 15.2. The summed E-state index contributed by atoms with van der Waals surface area (Å²) in [6.45, 7) is 3.88. The number of hydrogen-bond donors (Lipinski definition) is 2. The molecule has 0 fully saturated rings. The Bertz CT molecular complexity index is 1030. The summed E-state index contributed by atoms with van der Waals surface area (Å²) in [7, 11) is 1.79. The van der Waals surface area contributed by atoms with Gasteiger partial charge in [-0.05, 0) is 37.1 Å². The maximum absolute atomic E-state index is 12.3. The number of nitrogens with one attached hydrogen (secondary N) is 2. The van der Waals surface area contributed by atoms with E-state index in [-0.39, 0.29) is 24.0 Å². The lowest BCUT2D eigenvalue weighted by molar-refractivity contribution is -0.116. The molecule has 2 amide bonds. The van der Waals surface area contributed by atoms with Gasteiger partial charge in [0.15, 0.2) is 5.16 Å². The molecule has 0 aliphatic heterocycles. The highest BCUT2D eigenvalue weighted by Crippen LogP contribution is 2.19. The number of aromatic nitrogens is 3. The Labute approximate surface area is 173 Å². The predicted octanol–water partition coefficient (Wildman–Crippen LogP) is 3.34. The number of anilines is 2. The lowest BCUT2D eigenvalue weighted by Gasteiger charge is -2.09. The number of hydrogen-bond acceptors (Lipinski definition) is 5. The second-order valence-electron chi connectivity index (χ2n) is 6.65. The molecule has 0 bridgehead atoms. The Kier molecular flexibility index (Phi) is 6.66. The van der Waals surface area contributed by atoms with Crippen molar-refractivity contribution in [2.45, 2.75) is 25.4 Å². The molecule has 2 N–H and O–H groups in total. The van der Waals surface area contributed by atoms with E-state index in [4.69, 9.17) is 0 Å². The smallest absolute Gasteiger partial charge is 0.234 e. The third kappa shape index (κ3) is 5.45. The number of rotatable bonds is 7. The second kappa shape index (κ2) is 9.38. The number of nitrogens with zero attached hydrogens (tertiary/aromatic N) is 3. The zero-order valence-electron chi connectivity index (χ0n) is 16.6. The first-order chi connectivity index (χ1) is 13.9. The monoisotopic (exact) mass is 409 g/mol. The van der Waals surface area contributed by atoms with Crippen LogP contribution in [-0.4, -0.2) is 32.3 Å². The van der Waals surface area contributed by atoms with E-state index in [0.717, 1.165) is 22.5 Å². The van der Waals surface area contributed by atoms with Gasteiger partial charge >= 0.3 is 0 Å². The first-order valence-corrected chi connectivity index (χ1v) is 10.1. The minimum atomic E-state index is -0.163. The van der Waals surface area contributed by atoms with Crippen LogP contribution in [0.3, 0.4) is 0 Å². The van der Waals surface area contributed by atoms with Crippen molar-refractivity contribution in [2.75, 3.05) is 16.4 Å². The Morgan fingerprint density at radius 3 is 2.03 bits per heavy atom. The molecule has 0 saturated heterocycles. The van der Waals surface area contributed by atoms with E-state index >= 15 is 0 Å². The molecular formula is C21H23N5O2S. The van der Waals surface area contributed by atoms with Gasteiger partial charge in [0.2, 0.25) is 11.8 Å². The van der Waals surface area contributed by atoms with Crippen LogP contribution in [-0.2, 0) is 23.1 Å². The maximum Gasteiger partial charge on any atom is 0.234 e. The molecule has 3 rings (SSSR count). The SMILES string of the molecule is Cc1ccccc1NC(=O)CSc1nnc(CC(=O)Nc2ccccc2C)n1C. The largest absolute Gasteiger partial charge is 0.325 e. The van der Waals surface area contributed by atoms with Crippen LogP contribution in [0.5, 0.6) is 0 Å². The first kappa shape index (κ1) is 20.6. The molecule has 0 saturated carbocycles. The molecule has 1 aromatic heterocycles. The fourth-order valence-corrected chi connectivity index (χ4v) is 3.44. The molecule has 0 unspecified atom stereocenters. The van der Waals surface area contributed by atoms with Gasteiger partial charge in [0.05, 0.1) is 12.2 Å². The van der Waals surface area contributed by atoms with Crippen LogP contribution in [0.2, 0.25) is 0 Å². The van der Waals surface area contributed by atoms with Crippen molar-refractivity contribution in [3.05, 3.63) is 65.5 Å². The number of para-hydroxylation sites is 2. The summed E-state index contributed by atoms with van der Waals surface area (Å²) in [5.74, 6) is 0.461. The van der Waals surface area contributed by atoms with E-state index in [1.54, 1.807) is 11.6 Å². The fourth-order valence-electron chi connectivity index (χ4n) is 2.71. The van der Waals surface area contributed by atoms with Gasteiger partial charge in [0, 0.05) is 18.4 Å². The standard InChI is InChI=1S/C21H23N5O2S/c1-14-8-4-6-10-16(14)22-19(27)12-18-24-25-21(26(18)3)29-13-20(28)23-17-11-7-5-9-15(17)2/h4-11H,12-13H2,1-3H3,(H,22,27)(H,23,28). The van der Waals surface area contributed by atoms with Crippen LogP contribution < -0.4 is 10.6 Å². The summed E-state index contributed by atoms with van der Waals surface area (Å²) in [6.07, 6.45) is 0.105. The lowest BCUT2D eigenvalue weighted by Crippen LogP contribution is -2.18. The van der Waals surface area contributed by atoms with Gasteiger partial charge in [0.25, 0.3) is 0 Å². The van der Waals surface area contributed by atoms with Crippen molar-refractivity contribution in [1.82, 2.24) is 14.8 Å². The summed E-state index contributed by atoms with van der Waals surface area (Å²) in [5, 5.41) is 14.6. The van der Waals surface area contributed by atoms with Crippen LogP contribution in [0, 0.1) is 13.8 Å². The second-order valence-corrected chi connectivity index (χ2v) is 7.59. The van der Waals surface area contributed by atoms with Crippen LogP contribution in [0.4, 0.5) is 11.4 Å². The molecule has 7 nitrogen and oxygen atoms in total. The Morgan fingerprint density at radius 1 is 0.897 bits per heavy atom. The highest BCUT2D eigenvalue weighted by Gasteiger charge is 2.15. The van der Waals surface area contributed by atoms with E-state index in [0.29, 0.717) is 11.0 Å². The van der Waals surface area contributed by atoms with E-state index in [9.17, 15) is 9.59 Å². The molecule has 8 heteroatoms. The van der Waals surface area contributed by atoms with Crippen LogP contribution >= 0.6 is 11.8 Å². The number of thioether (sulfide) groups is 1. The molecule has 2 aromatic carbocycles. The molecule has 150 valence electrons. The van der Waals surface area contributed by atoms with Crippen molar-refractivity contribution in [3.8, 4) is 0 Å². The van der Waals surface area contributed by atoms with Gasteiger partial charge in [-0.25, -0.2) is 0 Å². The summed E-state index contributed by atoms with van der Waals surface area (Å²) >= 11 is 1.28. The van der Waals surface area contributed by atoms with Crippen molar-refractivity contribution in [1.29, 1.82) is 0 Å². The average molecular weight is 410 g/mol. The zero-order chi connectivity index (χ0) is 20.8. The number of carbonyl (C=O) groups is 2. The average Bonchev–Trinajstić information content (AvgIpc) is 3.03. The predicted molar refractivity (Wildman–Crippen MR) is 115 cm³/mol. The highest BCUT2D eigenvalue weighted by molar-refractivity contribution is 7.99. The summed E-state index contributed by atoms with van der Waals surface area (Å²) < 4.78 is 1.74. The molecule has 29 heavy (non-hydrogen) atoms. The Hall–Kier alpha value is -3.13. The van der Waals surface area contributed by atoms with Gasteiger partial charge in [-0.15, -0.1) is 10.2 Å². The third-order valence-corrected chi connectivity index (χ3v) is 5.43. The van der Waals surface area contributed by atoms with Gasteiger partial charge in [-0.1, -0.05) is 48.2 Å². The molecule has 0 radical (unpaired) electrons. The van der Waals surface area contributed by atoms with E-state index < -0.39 is 0 Å². The minimum Gasteiger partial charge on any atom is -0.325 e. The molecule has 3 aromatic rings. The van der Waals surface area contributed by atoms with Crippen LogP contribution in [0.15, 0.2) is 53.7 Å². The molecule has 1 heterocycles. The number of aryl methyl sites for hydroxylation is 2. The summed E-state index contributed by atoms with van der Waals surface area (Å²) in [4.78, 5) is 24.5. The quantitative estimate of drug-likeness (QED) is 0.584. The zero-order valence-corrected chi connectivity index (χ0v) is 17.4. The number of carbonyl (C=O) groups excluding carboxylic acids is 2. The molecule has 0 atom stereocenters. The van der Waals surface area contributed by atoms with E-state index in [1.807, 2.05) is 62.4 Å². The third-order valence-electron chi connectivity index (χ3n) is 4.41. The summed E-state index contributed by atoms with van der Waals surface area (Å²) in [5.41, 5.74) is 3.58. The Balaban J connectivity index is 1.55. The maximum atomic E-state index is 12.3. The number of amides is 2. The minimum absolute atomic E-state index is 0.105. The molecule has 0 aliphatic rings. The topological polar surface area (TPSA) is 88.9 Å². The fraction of sp³-hybridized carbons (Fsp3) is 0.238. The van der Waals surface area contributed by atoms with E-state index in [2.05, 4.69) is 20.8 Å². The van der Waals surface area contributed by atoms with Crippen LogP contribution in [0.25, 0.3) is 0 Å². The number of benzene rings is 2. The molecular weight excluding hydrogens is 386 g/mol. The lowest BCUT2D eigenvalue weighted by atomic mass is 10.2. The Morgan fingerprint density at radius 2 is 1.45 bits per heavy atom. The van der Waals surface area contributed by atoms with Gasteiger partial charge in [-0.3, -0.25) is 9.59 Å². The van der Waals surface area contributed by atoms with Crippen molar-refractivity contribution in [3.63, 3.8) is 0 Å². The normalized spacial score (nSPS) is 10.6. The highest BCUT2D eigenvalue weighted by atomic mass is 32.2. The van der Waals surface area contributed by atoms with E-state index in [1.165, 1.54) is 11.8 Å². The van der Waals surface area contributed by atoms with Gasteiger partial charge in [-0.2, -0.15) is 0 Å². The van der Waals surface area contributed by atoms with Gasteiger partial charge < -0.3 is 15.2 Å². The van der Waals surface area contributed by atoms with Crippen LogP contribution in [0.1, 0.15) is 17.0 Å². The molecule has 0 spiro atoms. The van der Waals surface area contributed by atoms with Gasteiger partial charge in [0.1, 0.15) is 5.82 Å².